The highest BCUT2D eigenvalue weighted by Crippen LogP contribution is 2.47. The molecule has 1 aromatic carbocycles. The molecule has 0 unspecified atom stereocenters. The number of nitrogens with one attached hydrogen (secondary N) is 1. The molecule has 3 heterocycles. The van der Waals surface area contributed by atoms with Gasteiger partial charge in [0.05, 0.1) is 11.4 Å². The van der Waals surface area contributed by atoms with E-state index >= 15 is 0 Å². The Hall–Kier alpha value is -2.66. The number of rotatable bonds is 2. The van der Waals surface area contributed by atoms with Crippen LogP contribution in [0.4, 0.5) is 5.82 Å². The molecule has 2 aliphatic rings. The van der Waals surface area contributed by atoms with E-state index in [9.17, 15) is 4.79 Å². The van der Waals surface area contributed by atoms with Gasteiger partial charge in [-0.2, -0.15) is 5.10 Å². The summed E-state index contributed by atoms with van der Waals surface area (Å²) in [6, 6.07) is 14.4. The number of aromatic nitrogens is 2. The minimum absolute atomic E-state index is 0.0745. The van der Waals surface area contributed by atoms with E-state index in [-0.39, 0.29) is 17.6 Å². The number of hydrogen-bond donors (Lipinski definition) is 1. The van der Waals surface area contributed by atoms with Crippen LogP contribution in [0.1, 0.15) is 47.7 Å². The van der Waals surface area contributed by atoms with Crippen LogP contribution in [0, 0.1) is 6.92 Å². The maximum absolute atomic E-state index is 13.0. The highest BCUT2D eigenvalue weighted by molar-refractivity contribution is 7.10. The van der Waals surface area contributed by atoms with Gasteiger partial charge in [0.1, 0.15) is 5.82 Å². The lowest BCUT2D eigenvalue weighted by atomic mass is 9.76. The molecular formula is C22H21N3OS. The van der Waals surface area contributed by atoms with Gasteiger partial charge in [-0.05, 0) is 36.9 Å². The highest BCUT2D eigenvalue weighted by atomic mass is 32.1. The summed E-state index contributed by atoms with van der Waals surface area (Å²) in [6.07, 6.45) is 1.48. The number of carbonyl (C=O) groups excluding carboxylic acids is 1. The molecule has 0 radical (unpaired) electrons. The monoisotopic (exact) mass is 375 g/mol. The summed E-state index contributed by atoms with van der Waals surface area (Å²) in [5.74, 6) is 1.62. The zero-order valence-corrected chi connectivity index (χ0v) is 16.2. The molecule has 5 heteroatoms. The summed E-state index contributed by atoms with van der Waals surface area (Å²) >= 11 is 1.74. The van der Waals surface area contributed by atoms with Crippen molar-refractivity contribution in [3.8, 4) is 5.69 Å². The van der Waals surface area contributed by atoms with Crippen molar-refractivity contribution in [2.45, 2.75) is 38.5 Å². The second-order valence-corrected chi connectivity index (χ2v) is 8.36. The van der Waals surface area contributed by atoms with Crippen molar-refractivity contribution in [2.24, 2.45) is 0 Å². The molecule has 1 aliphatic carbocycles. The number of ketones is 1. The number of para-hydroxylation sites is 1. The third-order valence-corrected chi connectivity index (χ3v) is 6.73. The first-order chi connectivity index (χ1) is 13.1. The molecule has 0 bridgehead atoms. The third-order valence-electron chi connectivity index (χ3n) is 5.70. The summed E-state index contributed by atoms with van der Waals surface area (Å²) < 4.78 is 1.98. The molecule has 2 aromatic heterocycles. The van der Waals surface area contributed by atoms with Crippen LogP contribution in [0.5, 0.6) is 0 Å². The number of benzene rings is 1. The maximum atomic E-state index is 13.0. The molecule has 136 valence electrons. The number of aryl methyl sites for hydroxylation is 1. The van der Waals surface area contributed by atoms with Gasteiger partial charge in [-0.15, -0.1) is 11.3 Å². The van der Waals surface area contributed by atoms with Crippen molar-refractivity contribution in [3.05, 3.63) is 75.2 Å². The Balaban J connectivity index is 1.59. The Kier molecular flexibility index (Phi) is 3.79. The topological polar surface area (TPSA) is 46.9 Å². The van der Waals surface area contributed by atoms with Gasteiger partial charge < -0.3 is 5.32 Å². The lowest BCUT2D eigenvalue weighted by Gasteiger charge is -2.33. The van der Waals surface area contributed by atoms with Gasteiger partial charge in [-0.25, -0.2) is 4.68 Å². The first kappa shape index (κ1) is 16.5. The largest absolute Gasteiger partial charge is 0.343 e. The normalized spacial score (nSPS) is 21.6. The number of hydrogen-bond acceptors (Lipinski definition) is 4. The molecule has 3 aromatic rings. The summed E-state index contributed by atoms with van der Waals surface area (Å²) in [7, 11) is 0. The van der Waals surface area contributed by atoms with E-state index in [1.807, 2.05) is 29.8 Å². The fraction of sp³-hybridized carbons (Fsp3) is 0.273. The van der Waals surface area contributed by atoms with Crippen molar-refractivity contribution in [1.29, 1.82) is 0 Å². The molecule has 1 N–H and O–H groups in total. The Morgan fingerprint density at radius 1 is 1.15 bits per heavy atom. The lowest BCUT2D eigenvalue weighted by molar-refractivity contribution is -0.116. The molecule has 0 fully saturated rings. The predicted molar refractivity (Wildman–Crippen MR) is 109 cm³/mol. The Morgan fingerprint density at radius 2 is 1.96 bits per heavy atom. The number of fused-ring (bicyclic) bond motifs is 1. The van der Waals surface area contributed by atoms with Gasteiger partial charge in [-0.1, -0.05) is 31.2 Å². The molecule has 0 spiro atoms. The Labute approximate surface area is 162 Å². The van der Waals surface area contributed by atoms with Gasteiger partial charge in [0.25, 0.3) is 0 Å². The molecule has 2 atom stereocenters. The summed E-state index contributed by atoms with van der Waals surface area (Å²) in [4.78, 5) is 14.3. The molecule has 5 rings (SSSR count). The molecule has 4 nitrogen and oxygen atoms in total. The lowest BCUT2D eigenvalue weighted by Crippen LogP contribution is -2.28. The van der Waals surface area contributed by atoms with Crippen LogP contribution >= 0.6 is 11.3 Å². The molecule has 1 aliphatic heterocycles. The van der Waals surface area contributed by atoms with Crippen molar-refractivity contribution >= 4 is 22.9 Å². The Morgan fingerprint density at radius 3 is 2.70 bits per heavy atom. The smallest absolute Gasteiger partial charge is 0.161 e. The van der Waals surface area contributed by atoms with E-state index in [1.54, 1.807) is 11.3 Å². The van der Waals surface area contributed by atoms with Gasteiger partial charge in [-0.3, -0.25) is 4.79 Å². The first-order valence-electron chi connectivity index (χ1n) is 9.35. The number of Topliss-reactive ketones (excluding diaryl/α,β-unsaturated/α-hetero) is 1. The predicted octanol–water partition coefficient (Wildman–Crippen LogP) is 5.17. The van der Waals surface area contributed by atoms with Crippen LogP contribution in [-0.2, 0) is 4.79 Å². The second-order valence-electron chi connectivity index (χ2n) is 7.38. The average molecular weight is 375 g/mol. The zero-order valence-electron chi connectivity index (χ0n) is 15.4. The quantitative estimate of drug-likeness (QED) is 0.672. The minimum Gasteiger partial charge on any atom is -0.343 e. The van der Waals surface area contributed by atoms with Crippen LogP contribution in [0.3, 0.4) is 0 Å². The van der Waals surface area contributed by atoms with Gasteiger partial charge in [0, 0.05) is 40.0 Å². The molecule has 27 heavy (non-hydrogen) atoms. The molecule has 0 saturated carbocycles. The third kappa shape index (κ3) is 2.57. The first-order valence-corrected chi connectivity index (χ1v) is 10.2. The van der Waals surface area contributed by atoms with Gasteiger partial charge in [0.2, 0.25) is 0 Å². The SMILES string of the molecule is Cc1nn(-c2ccccc2)c2c1[C@@H](C)C1=C(C[C@@H](c3cccs3)CC1=O)N2. The van der Waals surface area contributed by atoms with Crippen molar-refractivity contribution in [2.75, 3.05) is 5.32 Å². The number of allylic oxidation sites excluding steroid dienone is 2. The highest BCUT2D eigenvalue weighted by Gasteiger charge is 2.38. The van der Waals surface area contributed by atoms with Crippen LogP contribution in [0.2, 0.25) is 0 Å². The standard InChI is InChI=1S/C22H21N3OS/c1-13-20-14(2)24-25(16-7-4-3-5-8-16)22(20)23-17-11-15(12-18(26)21(13)17)19-9-6-10-27-19/h3-10,13,15,23H,11-12H2,1-2H3/t13-,15-/m1/s1. The minimum atomic E-state index is 0.0745. The zero-order chi connectivity index (χ0) is 18.5. The van der Waals surface area contributed by atoms with E-state index < -0.39 is 0 Å². The van der Waals surface area contributed by atoms with Crippen molar-refractivity contribution in [1.82, 2.24) is 9.78 Å². The van der Waals surface area contributed by atoms with E-state index in [2.05, 4.69) is 41.9 Å². The van der Waals surface area contributed by atoms with E-state index in [0.29, 0.717) is 6.42 Å². The molecule has 0 amide bonds. The molecular weight excluding hydrogens is 354 g/mol. The maximum Gasteiger partial charge on any atom is 0.161 e. The van der Waals surface area contributed by atoms with Crippen molar-refractivity contribution < 1.29 is 4.79 Å². The summed E-state index contributed by atoms with van der Waals surface area (Å²) in [6.45, 7) is 4.17. The fourth-order valence-electron chi connectivity index (χ4n) is 4.50. The number of carbonyl (C=O) groups is 1. The summed E-state index contributed by atoms with van der Waals surface area (Å²) in [5, 5.41) is 10.5. The van der Waals surface area contributed by atoms with Crippen LogP contribution in [-0.4, -0.2) is 15.6 Å². The van der Waals surface area contributed by atoms with E-state index in [1.165, 1.54) is 4.88 Å². The van der Waals surface area contributed by atoms with Crippen LogP contribution in [0.15, 0.2) is 59.1 Å². The van der Waals surface area contributed by atoms with Crippen LogP contribution < -0.4 is 5.32 Å². The fourth-order valence-corrected chi connectivity index (χ4v) is 5.33. The van der Waals surface area contributed by atoms with Crippen LogP contribution in [0.25, 0.3) is 5.69 Å². The number of thiophene rings is 1. The van der Waals surface area contributed by atoms with Gasteiger partial charge >= 0.3 is 0 Å². The Bertz CT molecular complexity index is 1050. The average Bonchev–Trinajstić information content (AvgIpc) is 3.30. The molecule has 0 saturated heterocycles. The number of nitrogens with zero attached hydrogens (tertiary/aromatic N) is 2. The second kappa shape index (κ2) is 6.20. The van der Waals surface area contributed by atoms with E-state index in [4.69, 9.17) is 5.10 Å². The van der Waals surface area contributed by atoms with Gasteiger partial charge in [0.15, 0.2) is 5.78 Å². The van der Waals surface area contributed by atoms with Crippen molar-refractivity contribution in [3.63, 3.8) is 0 Å². The van der Waals surface area contributed by atoms with E-state index in [0.717, 1.165) is 40.5 Å². The summed E-state index contributed by atoms with van der Waals surface area (Å²) in [5.41, 5.74) is 5.17. The number of anilines is 1.